The van der Waals surface area contributed by atoms with Crippen LogP contribution in [0, 0.1) is 11.3 Å². The molecule has 1 saturated heterocycles. The molecule has 21 heavy (non-hydrogen) atoms. The van der Waals surface area contributed by atoms with Crippen molar-refractivity contribution in [2.24, 2.45) is 5.14 Å². The first kappa shape index (κ1) is 15.7. The lowest BCUT2D eigenvalue weighted by atomic mass is 10.1. The number of alkyl halides is 1. The Morgan fingerprint density at radius 2 is 2.29 bits per heavy atom. The molecule has 0 aliphatic carbocycles. The molecular weight excluding hydrogens is 299 g/mol. The van der Waals surface area contributed by atoms with Gasteiger partial charge in [0.1, 0.15) is 23.7 Å². The number of ether oxygens (including phenoxy) is 2. The highest BCUT2D eigenvalue weighted by molar-refractivity contribution is 7.89. The number of sulfonamides is 1. The van der Waals surface area contributed by atoms with E-state index in [2.05, 4.69) is 0 Å². The van der Waals surface area contributed by atoms with Crippen molar-refractivity contribution in [1.29, 1.82) is 5.26 Å². The molecule has 1 fully saturated rings. The molecule has 1 aliphatic rings. The molecule has 2 rings (SSSR count). The summed E-state index contributed by atoms with van der Waals surface area (Å²) in [6.07, 6.45) is -0.919. The van der Waals surface area contributed by atoms with Gasteiger partial charge in [0, 0.05) is 19.4 Å². The number of para-hydroxylation sites is 1. The average molecular weight is 314 g/mol. The first-order valence-electron chi connectivity index (χ1n) is 6.36. The molecule has 0 aromatic heterocycles. The number of nitriles is 1. The monoisotopic (exact) mass is 314 g/mol. The van der Waals surface area contributed by atoms with Crippen molar-refractivity contribution in [3.63, 3.8) is 0 Å². The van der Waals surface area contributed by atoms with Gasteiger partial charge in [0.05, 0.1) is 11.7 Å². The van der Waals surface area contributed by atoms with Gasteiger partial charge in [0.25, 0.3) is 0 Å². The predicted octanol–water partition coefficient (Wildman–Crippen LogP) is 1.10. The number of benzene rings is 1. The fraction of sp³-hybridized carbons (Fsp3) is 0.462. The maximum Gasteiger partial charge on any atom is 0.241 e. The van der Waals surface area contributed by atoms with Crippen LogP contribution >= 0.6 is 0 Å². The van der Waals surface area contributed by atoms with E-state index in [9.17, 15) is 12.8 Å². The van der Waals surface area contributed by atoms with Gasteiger partial charge >= 0.3 is 0 Å². The minimum atomic E-state index is -4.02. The van der Waals surface area contributed by atoms with Gasteiger partial charge in [-0.15, -0.1) is 0 Å². The van der Waals surface area contributed by atoms with Gasteiger partial charge in [0.2, 0.25) is 10.0 Å². The van der Waals surface area contributed by atoms with Crippen molar-refractivity contribution in [2.75, 3.05) is 13.2 Å². The number of nitrogens with zero attached hydrogens (tertiary/aromatic N) is 1. The molecule has 0 radical (unpaired) electrons. The number of halogens is 1. The van der Waals surface area contributed by atoms with Crippen LogP contribution in [0.2, 0.25) is 0 Å². The molecule has 1 heterocycles. The third-order valence-corrected chi connectivity index (χ3v) is 4.06. The highest BCUT2D eigenvalue weighted by Crippen LogP contribution is 2.28. The Hall–Kier alpha value is -1.69. The maximum absolute atomic E-state index is 13.3. The van der Waals surface area contributed by atoms with E-state index >= 15 is 0 Å². The Kier molecular flexibility index (Phi) is 4.77. The van der Waals surface area contributed by atoms with Crippen LogP contribution in [0.1, 0.15) is 18.4 Å². The lowest BCUT2D eigenvalue weighted by molar-refractivity contribution is -0.0395. The van der Waals surface area contributed by atoms with E-state index in [1.807, 2.05) is 6.07 Å². The van der Waals surface area contributed by atoms with Gasteiger partial charge in [-0.1, -0.05) is 6.07 Å². The summed E-state index contributed by atoms with van der Waals surface area (Å²) in [7, 11) is -4.02. The number of hydrogen-bond acceptors (Lipinski definition) is 5. The number of hydrogen-bond donors (Lipinski definition) is 1. The van der Waals surface area contributed by atoms with Crippen molar-refractivity contribution in [2.45, 2.75) is 30.0 Å². The van der Waals surface area contributed by atoms with Crippen molar-refractivity contribution in [3.8, 4) is 11.8 Å². The van der Waals surface area contributed by atoms with Gasteiger partial charge in [-0.2, -0.15) is 5.26 Å². The highest BCUT2D eigenvalue weighted by Gasteiger charge is 2.25. The summed E-state index contributed by atoms with van der Waals surface area (Å²) < 4.78 is 47.1. The van der Waals surface area contributed by atoms with Gasteiger partial charge in [-0.25, -0.2) is 17.9 Å². The van der Waals surface area contributed by atoms with Crippen molar-refractivity contribution in [1.82, 2.24) is 0 Å². The van der Waals surface area contributed by atoms with E-state index in [1.165, 1.54) is 18.2 Å². The van der Waals surface area contributed by atoms with E-state index in [0.29, 0.717) is 6.42 Å². The Morgan fingerprint density at radius 1 is 1.52 bits per heavy atom. The quantitative estimate of drug-likeness (QED) is 0.896. The molecule has 2 unspecified atom stereocenters. The van der Waals surface area contributed by atoms with Crippen molar-refractivity contribution >= 4 is 10.0 Å². The van der Waals surface area contributed by atoms with E-state index < -0.39 is 22.3 Å². The number of rotatable bonds is 4. The van der Waals surface area contributed by atoms with Gasteiger partial charge < -0.3 is 9.47 Å². The zero-order valence-corrected chi connectivity index (χ0v) is 12.0. The van der Waals surface area contributed by atoms with Crippen molar-refractivity contribution in [3.05, 3.63) is 23.8 Å². The van der Waals surface area contributed by atoms with Gasteiger partial charge in [-0.05, 0) is 12.1 Å². The summed E-state index contributed by atoms with van der Waals surface area (Å²) >= 11 is 0. The first-order valence-corrected chi connectivity index (χ1v) is 7.91. The fourth-order valence-corrected chi connectivity index (χ4v) is 2.80. The molecular formula is C13H15FN2O4S. The van der Waals surface area contributed by atoms with Crippen LogP contribution < -0.4 is 9.88 Å². The molecule has 1 aromatic carbocycles. The SMILES string of the molecule is N#Cc1cccc(S(N)(=O)=O)c1OCC1CC(F)CCO1. The molecule has 2 N–H and O–H groups in total. The molecule has 0 amide bonds. The molecule has 0 spiro atoms. The number of primary sulfonamides is 1. The molecule has 1 aliphatic heterocycles. The fourth-order valence-electron chi connectivity index (χ4n) is 2.10. The molecule has 8 heteroatoms. The summed E-state index contributed by atoms with van der Waals surface area (Å²) in [6.45, 7) is 0.249. The van der Waals surface area contributed by atoms with Crippen LogP contribution in [0.4, 0.5) is 4.39 Å². The minimum Gasteiger partial charge on any atom is -0.488 e. The molecule has 1 aromatic rings. The van der Waals surface area contributed by atoms with Crippen LogP contribution in [0.25, 0.3) is 0 Å². The van der Waals surface area contributed by atoms with Gasteiger partial charge in [0.15, 0.2) is 5.75 Å². The molecule has 114 valence electrons. The van der Waals surface area contributed by atoms with E-state index in [-0.39, 0.29) is 35.8 Å². The Bertz CT molecular complexity index is 657. The smallest absolute Gasteiger partial charge is 0.241 e. The van der Waals surface area contributed by atoms with E-state index in [4.69, 9.17) is 19.9 Å². The summed E-state index contributed by atoms with van der Waals surface area (Å²) in [5.41, 5.74) is 0.0501. The predicted molar refractivity (Wildman–Crippen MR) is 71.9 cm³/mol. The summed E-state index contributed by atoms with van der Waals surface area (Å²) in [6, 6.07) is 5.92. The normalized spacial score (nSPS) is 22.5. The molecule has 2 atom stereocenters. The summed E-state index contributed by atoms with van der Waals surface area (Å²) in [5, 5.41) is 14.1. The van der Waals surface area contributed by atoms with Crippen LogP contribution in [-0.2, 0) is 14.8 Å². The molecule has 0 saturated carbocycles. The Labute approximate surface area is 122 Å². The maximum atomic E-state index is 13.3. The third kappa shape index (κ3) is 3.91. The standard InChI is InChI=1S/C13H15FN2O4S/c14-10-4-5-19-11(6-10)8-20-13-9(7-15)2-1-3-12(13)21(16,17)18/h1-3,10-11H,4-6,8H2,(H2,16,17,18). The summed E-state index contributed by atoms with van der Waals surface area (Å²) in [5.74, 6) is -0.118. The Balaban J connectivity index is 2.21. The lowest BCUT2D eigenvalue weighted by Crippen LogP contribution is -2.31. The molecule has 6 nitrogen and oxygen atoms in total. The Morgan fingerprint density at radius 3 is 2.90 bits per heavy atom. The zero-order valence-electron chi connectivity index (χ0n) is 11.2. The number of nitrogens with two attached hydrogens (primary N) is 1. The largest absolute Gasteiger partial charge is 0.488 e. The van der Waals surface area contributed by atoms with Crippen molar-refractivity contribution < 1.29 is 22.3 Å². The highest BCUT2D eigenvalue weighted by atomic mass is 32.2. The average Bonchev–Trinajstić information content (AvgIpc) is 2.43. The first-order chi connectivity index (χ1) is 9.91. The van der Waals surface area contributed by atoms with Crippen LogP contribution in [0.15, 0.2) is 23.1 Å². The second kappa shape index (κ2) is 6.39. The second-order valence-corrected chi connectivity index (χ2v) is 6.24. The van der Waals surface area contributed by atoms with Crippen LogP contribution in [-0.4, -0.2) is 33.9 Å². The van der Waals surface area contributed by atoms with E-state index in [1.54, 1.807) is 0 Å². The zero-order chi connectivity index (χ0) is 15.5. The third-order valence-electron chi connectivity index (χ3n) is 3.12. The minimum absolute atomic E-state index is 0.0400. The molecule has 0 bridgehead atoms. The summed E-state index contributed by atoms with van der Waals surface area (Å²) in [4.78, 5) is -0.269. The van der Waals surface area contributed by atoms with Crippen LogP contribution in [0.3, 0.4) is 0 Å². The second-order valence-electron chi connectivity index (χ2n) is 4.72. The topological polar surface area (TPSA) is 102 Å². The van der Waals surface area contributed by atoms with Gasteiger partial charge in [-0.3, -0.25) is 0 Å². The lowest BCUT2D eigenvalue weighted by Gasteiger charge is -2.25. The van der Waals surface area contributed by atoms with E-state index in [0.717, 1.165) is 0 Å². The van der Waals surface area contributed by atoms with Crippen LogP contribution in [0.5, 0.6) is 5.75 Å².